The van der Waals surface area contributed by atoms with Crippen LogP contribution in [0.1, 0.15) is 5.69 Å². The van der Waals surface area contributed by atoms with E-state index in [0.29, 0.717) is 11.4 Å². The van der Waals surface area contributed by atoms with Crippen LogP contribution < -0.4 is 9.46 Å². The van der Waals surface area contributed by atoms with Gasteiger partial charge in [0.25, 0.3) is 10.0 Å². The molecule has 0 fully saturated rings. The van der Waals surface area contributed by atoms with Crippen LogP contribution in [0.5, 0.6) is 5.75 Å². The molecule has 3 aromatic rings. The van der Waals surface area contributed by atoms with Gasteiger partial charge in [0.15, 0.2) is 0 Å². The van der Waals surface area contributed by atoms with Crippen LogP contribution in [0.25, 0.3) is 5.69 Å². The van der Waals surface area contributed by atoms with Crippen molar-refractivity contribution in [1.82, 2.24) is 14.5 Å². The van der Waals surface area contributed by atoms with Crippen molar-refractivity contribution in [3.8, 4) is 11.4 Å². The molecule has 0 atom stereocenters. The Kier molecular flexibility index (Phi) is 4.65. The van der Waals surface area contributed by atoms with Gasteiger partial charge in [-0.25, -0.2) is 18.4 Å². The fourth-order valence-electron chi connectivity index (χ4n) is 2.24. The van der Waals surface area contributed by atoms with E-state index in [2.05, 4.69) is 14.7 Å². The fourth-order valence-corrected chi connectivity index (χ4v) is 3.35. The van der Waals surface area contributed by atoms with Crippen LogP contribution in [0.4, 0.5) is 5.69 Å². The number of aryl methyl sites for hydroxylation is 1. The molecule has 2 aromatic heterocycles. The molecule has 7 nitrogen and oxygen atoms in total. The van der Waals surface area contributed by atoms with Gasteiger partial charge in [0.1, 0.15) is 15.8 Å². The Labute approximate surface area is 150 Å². The summed E-state index contributed by atoms with van der Waals surface area (Å²) < 4.78 is 34.5. The Hall–Kier alpha value is -2.58. The van der Waals surface area contributed by atoms with E-state index in [-0.39, 0.29) is 10.0 Å². The molecule has 0 saturated carbocycles. The molecule has 0 bridgehead atoms. The summed E-state index contributed by atoms with van der Waals surface area (Å²) in [6, 6.07) is 7.80. The monoisotopic (exact) mass is 378 g/mol. The van der Waals surface area contributed by atoms with Gasteiger partial charge >= 0.3 is 0 Å². The van der Waals surface area contributed by atoms with Gasteiger partial charge in [-0.3, -0.25) is 4.72 Å². The molecule has 0 unspecified atom stereocenters. The number of nitrogens with zero attached hydrogens (tertiary/aromatic N) is 3. The van der Waals surface area contributed by atoms with Gasteiger partial charge in [0.2, 0.25) is 0 Å². The van der Waals surface area contributed by atoms with Crippen molar-refractivity contribution in [3.63, 3.8) is 0 Å². The summed E-state index contributed by atoms with van der Waals surface area (Å²) in [5.74, 6) is 0.506. The average Bonchev–Trinajstić information content (AvgIpc) is 3.01. The zero-order chi connectivity index (χ0) is 18.0. The highest BCUT2D eigenvalue weighted by molar-refractivity contribution is 7.92. The first-order valence-corrected chi connectivity index (χ1v) is 9.08. The summed E-state index contributed by atoms with van der Waals surface area (Å²) in [6.45, 7) is 1.88. The molecule has 0 radical (unpaired) electrons. The standard InChI is InChI=1S/C16H15ClN4O3S/c1-11-9-21(10-19-11)14-5-3-12(7-15(14)24-2)20-25(22,23)13-4-6-16(17)18-8-13/h3-10,20H,1-2H3. The van der Waals surface area contributed by atoms with Crippen molar-refractivity contribution in [3.05, 3.63) is 59.9 Å². The minimum atomic E-state index is -3.77. The van der Waals surface area contributed by atoms with Gasteiger partial charge in [0, 0.05) is 18.5 Å². The minimum absolute atomic E-state index is 0.0187. The van der Waals surface area contributed by atoms with Crippen LogP contribution in [0.15, 0.2) is 53.9 Å². The topological polar surface area (TPSA) is 86.1 Å². The zero-order valence-electron chi connectivity index (χ0n) is 13.5. The van der Waals surface area contributed by atoms with Crippen molar-refractivity contribution in [2.75, 3.05) is 11.8 Å². The second-order valence-electron chi connectivity index (χ2n) is 5.23. The summed E-state index contributed by atoms with van der Waals surface area (Å²) >= 11 is 5.69. The number of imidazole rings is 1. The smallest absolute Gasteiger partial charge is 0.263 e. The summed E-state index contributed by atoms with van der Waals surface area (Å²) in [6.07, 6.45) is 4.71. The maximum atomic E-state index is 12.4. The van der Waals surface area contributed by atoms with E-state index in [1.807, 2.05) is 13.1 Å². The van der Waals surface area contributed by atoms with E-state index in [4.69, 9.17) is 16.3 Å². The number of anilines is 1. The Balaban J connectivity index is 1.92. The van der Waals surface area contributed by atoms with Crippen LogP contribution in [0.3, 0.4) is 0 Å². The zero-order valence-corrected chi connectivity index (χ0v) is 15.0. The summed E-state index contributed by atoms with van der Waals surface area (Å²) in [4.78, 5) is 7.98. The molecule has 0 amide bonds. The molecule has 1 aromatic carbocycles. The second-order valence-corrected chi connectivity index (χ2v) is 7.30. The Morgan fingerprint density at radius 1 is 1.20 bits per heavy atom. The molecule has 0 saturated heterocycles. The van der Waals surface area contributed by atoms with Crippen molar-refractivity contribution in [2.24, 2.45) is 0 Å². The number of methoxy groups -OCH3 is 1. The van der Waals surface area contributed by atoms with Crippen LogP contribution in [0.2, 0.25) is 5.15 Å². The lowest BCUT2D eigenvalue weighted by molar-refractivity contribution is 0.413. The number of aromatic nitrogens is 3. The highest BCUT2D eigenvalue weighted by Gasteiger charge is 2.16. The maximum Gasteiger partial charge on any atom is 0.263 e. The first kappa shape index (κ1) is 17.2. The highest BCUT2D eigenvalue weighted by Crippen LogP contribution is 2.28. The highest BCUT2D eigenvalue weighted by atomic mass is 35.5. The number of benzene rings is 1. The Morgan fingerprint density at radius 3 is 2.60 bits per heavy atom. The van der Waals surface area contributed by atoms with Crippen molar-refractivity contribution >= 4 is 27.3 Å². The number of halogens is 1. The molecule has 3 rings (SSSR count). The van der Waals surface area contributed by atoms with Crippen molar-refractivity contribution in [2.45, 2.75) is 11.8 Å². The first-order valence-electron chi connectivity index (χ1n) is 7.22. The van der Waals surface area contributed by atoms with E-state index in [1.54, 1.807) is 29.1 Å². The minimum Gasteiger partial charge on any atom is -0.494 e. The third-order valence-electron chi connectivity index (χ3n) is 3.43. The van der Waals surface area contributed by atoms with Crippen LogP contribution in [-0.2, 0) is 10.0 Å². The number of pyridine rings is 1. The molecule has 0 aliphatic carbocycles. The maximum absolute atomic E-state index is 12.4. The lowest BCUT2D eigenvalue weighted by Gasteiger charge is -2.13. The van der Waals surface area contributed by atoms with Gasteiger partial charge < -0.3 is 9.30 Å². The SMILES string of the molecule is COc1cc(NS(=O)(=O)c2ccc(Cl)nc2)ccc1-n1cnc(C)c1. The number of rotatable bonds is 5. The fraction of sp³-hybridized carbons (Fsp3) is 0.125. The summed E-state index contributed by atoms with van der Waals surface area (Å²) in [5.41, 5.74) is 1.98. The number of sulfonamides is 1. The summed E-state index contributed by atoms with van der Waals surface area (Å²) in [7, 11) is -2.26. The quantitative estimate of drug-likeness (QED) is 0.689. The molecule has 25 heavy (non-hydrogen) atoms. The second kappa shape index (κ2) is 6.73. The molecule has 0 aliphatic heterocycles. The molecule has 130 valence electrons. The number of hydrogen-bond donors (Lipinski definition) is 1. The van der Waals surface area contributed by atoms with E-state index in [1.165, 1.54) is 25.4 Å². The third kappa shape index (κ3) is 3.75. The van der Waals surface area contributed by atoms with E-state index < -0.39 is 10.0 Å². The van der Waals surface area contributed by atoms with Gasteiger partial charge in [-0.15, -0.1) is 0 Å². The van der Waals surface area contributed by atoms with Crippen LogP contribution >= 0.6 is 11.6 Å². The van der Waals surface area contributed by atoms with Gasteiger partial charge in [0.05, 0.1) is 30.5 Å². The van der Waals surface area contributed by atoms with Gasteiger partial charge in [-0.2, -0.15) is 0 Å². The molecule has 2 heterocycles. The van der Waals surface area contributed by atoms with E-state index >= 15 is 0 Å². The molecule has 0 aliphatic rings. The van der Waals surface area contributed by atoms with E-state index in [0.717, 1.165) is 11.4 Å². The van der Waals surface area contributed by atoms with Crippen LogP contribution in [0, 0.1) is 6.92 Å². The van der Waals surface area contributed by atoms with Crippen molar-refractivity contribution in [1.29, 1.82) is 0 Å². The number of hydrogen-bond acceptors (Lipinski definition) is 5. The molecular weight excluding hydrogens is 364 g/mol. The van der Waals surface area contributed by atoms with Crippen LogP contribution in [-0.4, -0.2) is 30.1 Å². The average molecular weight is 379 g/mol. The normalized spacial score (nSPS) is 11.3. The number of ether oxygens (including phenoxy) is 1. The summed E-state index contributed by atoms with van der Waals surface area (Å²) in [5, 5.41) is 0.223. The predicted molar refractivity (Wildman–Crippen MR) is 94.9 cm³/mol. The third-order valence-corrected chi connectivity index (χ3v) is 5.02. The number of nitrogens with one attached hydrogen (secondary N) is 1. The largest absolute Gasteiger partial charge is 0.494 e. The van der Waals surface area contributed by atoms with Gasteiger partial charge in [-0.1, -0.05) is 11.6 Å². The molecular formula is C16H15ClN4O3S. The molecule has 9 heteroatoms. The van der Waals surface area contributed by atoms with Gasteiger partial charge in [-0.05, 0) is 31.2 Å². The van der Waals surface area contributed by atoms with Crippen molar-refractivity contribution < 1.29 is 13.2 Å². The van der Waals surface area contributed by atoms with E-state index in [9.17, 15) is 8.42 Å². The lowest BCUT2D eigenvalue weighted by Crippen LogP contribution is -2.13. The predicted octanol–water partition coefficient (Wildman–Crippen LogP) is 3.04. The lowest BCUT2D eigenvalue weighted by atomic mass is 10.2. The molecule has 0 spiro atoms. The molecule has 1 N–H and O–H groups in total. The first-order chi connectivity index (χ1) is 11.9. The Bertz CT molecular complexity index is 1000. The Morgan fingerprint density at radius 2 is 2.00 bits per heavy atom.